The molecule has 0 spiro atoms. The first-order valence-corrected chi connectivity index (χ1v) is 10.8. The van der Waals surface area contributed by atoms with Crippen LogP contribution in [-0.4, -0.2) is 54.4 Å². The minimum Gasteiger partial charge on any atom is -0.376 e. The summed E-state index contributed by atoms with van der Waals surface area (Å²) in [6, 6.07) is 11.6. The van der Waals surface area contributed by atoms with Gasteiger partial charge in [0.25, 0.3) is 0 Å². The largest absolute Gasteiger partial charge is 0.376 e. The molecule has 3 heterocycles. The third kappa shape index (κ3) is 5.05. The monoisotopic (exact) mass is 407 g/mol. The predicted molar refractivity (Wildman–Crippen MR) is 115 cm³/mol. The second-order valence-electron chi connectivity index (χ2n) is 8.18. The molecule has 1 atom stereocenters. The van der Waals surface area contributed by atoms with Crippen LogP contribution in [0.4, 0.5) is 5.69 Å². The number of ether oxygens (including phenoxy) is 1. The van der Waals surface area contributed by atoms with E-state index in [9.17, 15) is 9.59 Å². The van der Waals surface area contributed by atoms with Crippen LogP contribution >= 0.6 is 0 Å². The topological polar surface area (TPSA) is 62.7 Å². The molecule has 6 heteroatoms. The van der Waals surface area contributed by atoms with Gasteiger partial charge in [-0.25, -0.2) is 0 Å². The van der Waals surface area contributed by atoms with E-state index in [4.69, 9.17) is 4.74 Å². The highest BCUT2D eigenvalue weighted by Gasteiger charge is 2.31. The van der Waals surface area contributed by atoms with Crippen LogP contribution in [0.1, 0.15) is 41.6 Å². The van der Waals surface area contributed by atoms with Gasteiger partial charge in [0.1, 0.15) is 6.29 Å². The summed E-state index contributed by atoms with van der Waals surface area (Å²) in [5.41, 5.74) is 2.90. The molecule has 0 N–H and O–H groups in total. The van der Waals surface area contributed by atoms with Crippen molar-refractivity contribution in [3.8, 4) is 0 Å². The first-order valence-electron chi connectivity index (χ1n) is 10.8. The van der Waals surface area contributed by atoms with Crippen LogP contribution in [0, 0.1) is 5.92 Å². The number of hydrogen-bond donors (Lipinski definition) is 0. The summed E-state index contributed by atoms with van der Waals surface area (Å²) in [4.78, 5) is 32.7. The minimum atomic E-state index is 0.0405. The zero-order chi connectivity index (χ0) is 20.8. The number of carbonyl (C=O) groups is 2. The highest BCUT2D eigenvalue weighted by atomic mass is 16.5. The van der Waals surface area contributed by atoms with Crippen molar-refractivity contribution in [3.63, 3.8) is 0 Å². The molecule has 0 radical (unpaired) electrons. The Morgan fingerprint density at radius 2 is 1.83 bits per heavy atom. The summed E-state index contributed by atoms with van der Waals surface area (Å²) in [5.74, 6) is 0.275. The molecular weight excluding hydrogens is 378 g/mol. The zero-order valence-corrected chi connectivity index (χ0v) is 17.3. The van der Waals surface area contributed by atoms with Crippen LogP contribution in [0.5, 0.6) is 0 Å². The molecule has 0 bridgehead atoms. The third-order valence-electron chi connectivity index (χ3n) is 6.12. The first-order chi connectivity index (χ1) is 14.7. The molecule has 1 aromatic heterocycles. The Hall–Kier alpha value is -2.73. The van der Waals surface area contributed by atoms with Crippen molar-refractivity contribution >= 4 is 17.9 Å². The van der Waals surface area contributed by atoms with Gasteiger partial charge in [0, 0.05) is 62.3 Å². The van der Waals surface area contributed by atoms with E-state index in [-0.39, 0.29) is 17.9 Å². The van der Waals surface area contributed by atoms with E-state index in [0.29, 0.717) is 18.7 Å². The Morgan fingerprint density at radius 1 is 1.10 bits per heavy atom. The van der Waals surface area contributed by atoms with Crippen molar-refractivity contribution in [3.05, 3.63) is 59.9 Å². The molecule has 0 saturated carbocycles. The Labute approximate surface area is 177 Å². The maximum absolute atomic E-state index is 13.4. The molecule has 0 unspecified atom stereocenters. The van der Waals surface area contributed by atoms with Gasteiger partial charge in [-0.1, -0.05) is 0 Å². The van der Waals surface area contributed by atoms with E-state index in [0.717, 1.165) is 62.9 Å². The Morgan fingerprint density at radius 3 is 2.47 bits per heavy atom. The highest BCUT2D eigenvalue weighted by Crippen LogP contribution is 2.26. The standard InChI is InChI=1S/C24H29N3O3/c28-18-20-3-5-22(6-4-20)26-13-9-21(10-14-26)24(29)27(17-23-2-1-15-30-23)16-19-7-11-25-12-8-19/h3-8,11-12,18,21,23H,1-2,9-10,13-17H2/t23-/m1/s1. The fraction of sp³-hybridized carbons (Fsp3) is 0.458. The van der Waals surface area contributed by atoms with Gasteiger partial charge in [0.05, 0.1) is 6.10 Å². The predicted octanol–water partition coefficient (Wildman–Crippen LogP) is 3.32. The normalized spacial score (nSPS) is 19.6. The van der Waals surface area contributed by atoms with Gasteiger partial charge in [-0.3, -0.25) is 14.6 Å². The van der Waals surface area contributed by atoms with E-state index >= 15 is 0 Å². The number of aldehydes is 1. The lowest BCUT2D eigenvalue weighted by molar-refractivity contribution is -0.138. The van der Waals surface area contributed by atoms with Gasteiger partial charge in [0.15, 0.2) is 0 Å². The minimum absolute atomic E-state index is 0.0405. The summed E-state index contributed by atoms with van der Waals surface area (Å²) in [5, 5.41) is 0. The maximum atomic E-state index is 13.4. The Balaban J connectivity index is 1.39. The summed E-state index contributed by atoms with van der Waals surface area (Å²) in [6.07, 6.45) is 8.33. The number of amides is 1. The van der Waals surface area contributed by atoms with Crippen molar-refractivity contribution < 1.29 is 14.3 Å². The first kappa shape index (κ1) is 20.5. The number of pyridine rings is 1. The van der Waals surface area contributed by atoms with Crippen LogP contribution in [0.3, 0.4) is 0 Å². The number of benzene rings is 1. The van der Waals surface area contributed by atoms with Crippen molar-refractivity contribution in [2.45, 2.75) is 38.3 Å². The molecule has 4 rings (SSSR count). The fourth-order valence-electron chi connectivity index (χ4n) is 4.38. The van der Waals surface area contributed by atoms with Crippen LogP contribution in [-0.2, 0) is 16.1 Å². The lowest BCUT2D eigenvalue weighted by Crippen LogP contribution is -2.44. The van der Waals surface area contributed by atoms with E-state index < -0.39 is 0 Å². The average molecular weight is 408 g/mol. The quantitative estimate of drug-likeness (QED) is 0.659. The van der Waals surface area contributed by atoms with Gasteiger partial charge in [-0.15, -0.1) is 0 Å². The average Bonchev–Trinajstić information content (AvgIpc) is 3.32. The molecule has 158 valence electrons. The van der Waals surface area contributed by atoms with Gasteiger partial charge in [-0.05, 0) is 67.6 Å². The zero-order valence-electron chi connectivity index (χ0n) is 17.3. The molecule has 6 nitrogen and oxygen atoms in total. The lowest BCUT2D eigenvalue weighted by Gasteiger charge is -2.36. The number of piperidine rings is 1. The van der Waals surface area contributed by atoms with Crippen LogP contribution in [0.25, 0.3) is 0 Å². The van der Waals surface area contributed by atoms with Gasteiger partial charge in [-0.2, -0.15) is 0 Å². The second kappa shape index (κ2) is 9.85. The molecule has 2 aliphatic heterocycles. The van der Waals surface area contributed by atoms with E-state index in [2.05, 4.69) is 9.88 Å². The summed E-state index contributed by atoms with van der Waals surface area (Å²) >= 11 is 0. The van der Waals surface area contributed by atoms with Crippen LogP contribution < -0.4 is 4.90 Å². The summed E-state index contributed by atoms with van der Waals surface area (Å²) in [7, 11) is 0. The SMILES string of the molecule is O=Cc1ccc(N2CCC(C(=O)N(Cc3ccncc3)C[C@H]3CCCO3)CC2)cc1. The molecule has 30 heavy (non-hydrogen) atoms. The molecule has 2 saturated heterocycles. The summed E-state index contributed by atoms with van der Waals surface area (Å²) < 4.78 is 5.81. The highest BCUT2D eigenvalue weighted by molar-refractivity contribution is 5.79. The number of aromatic nitrogens is 1. The van der Waals surface area contributed by atoms with Gasteiger partial charge >= 0.3 is 0 Å². The molecule has 2 aromatic rings. The molecule has 1 amide bonds. The van der Waals surface area contributed by atoms with Crippen molar-refractivity contribution in [1.82, 2.24) is 9.88 Å². The summed E-state index contributed by atoms with van der Waals surface area (Å²) in [6.45, 7) is 3.76. The van der Waals surface area contributed by atoms with Crippen molar-refractivity contribution in [1.29, 1.82) is 0 Å². The number of rotatable bonds is 7. The van der Waals surface area contributed by atoms with E-state index in [1.54, 1.807) is 12.4 Å². The third-order valence-corrected chi connectivity index (χ3v) is 6.12. The smallest absolute Gasteiger partial charge is 0.226 e. The fourth-order valence-corrected chi connectivity index (χ4v) is 4.38. The maximum Gasteiger partial charge on any atom is 0.226 e. The Bertz CT molecular complexity index is 827. The molecular formula is C24H29N3O3. The van der Waals surface area contributed by atoms with E-state index in [1.807, 2.05) is 41.3 Å². The van der Waals surface area contributed by atoms with E-state index in [1.165, 1.54) is 0 Å². The van der Waals surface area contributed by atoms with Crippen LogP contribution in [0.2, 0.25) is 0 Å². The molecule has 1 aromatic carbocycles. The Kier molecular flexibility index (Phi) is 6.74. The molecule has 0 aliphatic carbocycles. The lowest BCUT2D eigenvalue weighted by atomic mass is 9.94. The second-order valence-corrected chi connectivity index (χ2v) is 8.18. The number of nitrogens with zero attached hydrogens (tertiary/aromatic N) is 3. The van der Waals surface area contributed by atoms with Gasteiger partial charge < -0.3 is 14.5 Å². The molecule has 2 fully saturated rings. The number of hydrogen-bond acceptors (Lipinski definition) is 5. The van der Waals surface area contributed by atoms with Gasteiger partial charge in [0.2, 0.25) is 5.91 Å². The number of anilines is 1. The number of carbonyl (C=O) groups excluding carboxylic acids is 2. The van der Waals surface area contributed by atoms with Crippen LogP contribution in [0.15, 0.2) is 48.8 Å². The van der Waals surface area contributed by atoms with Crippen molar-refractivity contribution in [2.24, 2.45) is 5.92 Å². The van der Waals surface area contributed by atoms with Crippen molar-refractivity contribution in [2.75, 3.05) is 31.1 Å². The molecule has 2 aliphatic rings.